The van der Waals surface area contributed by atoms with Crippen molar-refractivity contribution in [2.75, 3.05) is 10.6 Å². The Hall–Kier alpha value is -4.24. The van der Waals surface area contributed by atoms with Crippen LogP contribution in [0.4, 0.5) is 21.8 Å². The number of anilines is 3. The van der Waals surface area contributed by atoms with E-state index >= 15 is 0 Å². The van der Waals surface area contributed by atoms with Crippen LogP contribution in [-0.2, 0) is 6.54 Å². The largest absolute Gasteiger partial charge is 0.350 e. The van der Waals surface area contributed by atoms with Crippen LogP contribution in [0, 0.1) is 17.1 Å². The van der Waals surface area contributed by atoms with Gasteiger partial charge in [0, 0.05) is 29.4 Å². The number of hydrogen-bond acceptors (Lipinski definition) is 5. The van der Waals surface area contributed by atoms with E-state index in [0.717, 1.165) is 16.9 Å². The highest BCUT2D eigenvalue weighted by Gasteiger charge is 2.09. The van der Waals surface area contributed by atoms with E-state index in [0.29, 0.717) is 22.9 Å². The Morgan fingerprint density at radius 2 is 1.60 bits per heavy atom. The van der Waals surface area contributed by atoms with E-state index in [4.69, 9.17) is 5.26 Å². The van der Waals surface area contributed by atoms with Gasteiger partial charge in [-0.3, -0.25) is 0 Å². The first-order chi connectivity index (χ1) is 14.7. The van der Waals surface area contributed by atoms with Crippen molar-refractivity contribution in [1.29, 1.82) is 5.26 Å². The van der Waals surface area contributed by atoms with Crippen LogP contribution >= 0.6 is 0 Å². The average molecular weight is 395 g/mol. The molecule has 0 atom stereocenters. The molecule has 0 fully saturated rings. The molecule has 4 rings (SSSR count). The summed E-state index contributed by atoms with van der Waals surface area (Å²) < 4.78 is 13.9. The molecule has 2 N–H and O–H groups in total. The predicted molar refractivity (Wildman–Crippen MR) is 116 cm³/mol. The van der Waals surface area contributed by atoms with E-state index in [1.165, 1.54) is 6.07 Å². The summed E-state index contributed by atoms with van der Waals surface area (Å²) in [6.07, 6.45) is 0. The number of nitrogens with zero attached hydrogens (tertiary/aromatic N) is 3. The van der Waals surface area contributed by atoms with Crippen LogP contribution in [0.5, 0.6) is 0 Å². The van der Waals surface area contributed by atoms with E-state index in [1.807, 2.05) is 48.5 Å². The molecule has 5 nitrogen and oxygen atoms in total. The van der Waals surface area contributed by atoms with Crippen molar-refractivity contribution < 1.29 is 4.39 Å². The van der Waals surface area contributed by atoms with Crippen molar-refractivity contribution in [3.8, 4) is 17.3 Å². The molecule has 0 bridgehead atoms. The second-order valence-corrected chi connectivity index (χ2v) is 6.59. The zero-order chi connectivity index (χ0) is 20.8. The van der Waals surface area contributed by atoms with Crippen LogP contribution < -0.4 is 10.6 Å². The number of rotatable bonds is 6. The third-order valence-corrected chi connectivity index (χ3v) is 4.48. The van der Waals surface area contributed by atoms with Gasteiger partial charge in [-0.05, 0) is 30.3 Å². The lowest BCUT2D eigenvalue weighted by atomic mass is 10.1. The Labute approximate surface area is 173 Å². The molecule has 3 aromatic carbocycles. The fourth-order valence-electron chi connectivity index (χ4n) is 2.94. The van der Waals surface area contributed by atoms with Crippen molar-refractivity contribution in [1.82, 2.24) is 9.97 Å². The summed E-state index contributed by atoms with van der Waals surface area (Å²) in [4.78, 5) is 9.11. The van der Waals surface area contributed by atoms with E-state index in [9.17, 15) is 4.39 Å². The highest BCUT2D eigenvalue weighted by molar-refractivity contribution is 5.67. The molecule has 0 saturated carbocycles. The van der Waals surface area contributed by atoms with Gasteiger partial charge in [-0.2, -0.15) is 10.2 Å². The number of benzene rings is 3. The van der Waals surface area contributed by atoms with E-state index in [-0.39, 0.29) is 12.4 Å². The second kappa shape index (κ2) is 8.84. The first kappa shape index (κ1) is 19.1. The van der Waals surface area contributed by atoms with Gasteiger partial charge < -0.3 is 10.6 Å². The molecule has 0 aliphatic rings. The van der Waals surface area contributed by atoms with Gasteiger partial charge in [0.1, 0.15) is 11.6 Å². The summed E-state index contributed by atoms with van der Waals surface area (Å²) in [5.74, 6) is 0.695. The Morgan fingerprint density at radius 3 is 2.33 bits per heavy atom. The van der Waals surface area contributed by atoms with Gasteiger partial charge in [0.05, 0.1) is 17.3 Å². The van der Waals surface area contributed by atoms with Crippen LogP contribution in [0.15, 0.2) is 84.9 Å². The maximum Gasteiger partial charge on any atom is 0.225 e. The highest BCUT2D eigenvalue weighted by Crippen LogP contribution is 2.24. The summed E-state index contributed by atoms with van der Waals surface area (Å²) >= 11 is 0. The van der Waals surface area contributed by atoms with Crippen LogP contribution in [0.2, 0.25) is 0 Å². The minimum atomic E-state index is -0.278. The highest BCUT2D eigenvalue weighted by atomic mass is 19.1. The van der Waals surface area contributed by atoms with Gasteiger partial charge in [-0.1, -0.05) is 48.5 Å². The molecule has 0 unspecified atom stereocenters. The lowest BCUT2D eigenvalue weighted by Gasteiger charge is -2.12. The third-order valence-electron chi connectivity index (χ3n) is 4.48. The van der Waals surface area contributed by atoms with E-state index in [2.05, 4.69) is 26.7 Å². The van der Waals surface area contributed by atoms with Gasteiger partial charge in [-0.15, -0.1) is 0 Å². The molecular weight excluding hydrogens is 377 g/mol. The van der Waals surface area contributed by atoms with Gasteiger partial charge in [-0.25, -0.2) is 9.37 Å². The normalized spacial score (nSPS) is 10.3. The maximum absolute atomic E-state index is 13.9. The van der Waals surface area contributed by atoms with Crippen LogP contribution in [-0.4, -0.2) is 9.97 Å². The molecule has 0 radical (unpaired) electrons. The van der Waals surface area contributed by atoms with Crippen molar-refractivity contribution in [2.45, 2.75) is 6.54 Å². The lowest BCUT2D eigenvalue weighted by molar-refractivity contribution is 0.612. The summed E-state index contributed by atoms with van der Waals surface area (Å²) in [5.41, 5.74) is 3.59. The Kier molecular flexibility index (Phi) is 5.63. The number of halogens is 1. The summed E-state index contributed by atoms with van der Waals surface area (Å²) in [7, 11) is 0. The first-order valence-corrected chi connectivity index (χ1v) is 9.40. The van der Waals surface area contributed by atoms with Crippen molar-refractivity contribution in [2.24, 2.45) is 0 Å². The van der Waals surface area contributed by atoms with Crippen LogP contribution in [0.1, 0.15) is 11.1 Å². The fraction of sp³-hybridized carbons (Fsp3) is 0.0417. The minimum Gasteiger partial charge on any atom is -0.350 e. The number of hydrogen-bond donors (Lipinski definition) is 2. The quantitative estimate of drug-likeness (QED) is 0.450. The molecule has 0 amide bonds. The Balaban J connectivity index is 1.63. The molecular formula is C24H18FN5. The molecule has 30 heavy (non-hydrogen) atoms. The van der Waals surface area contributed by atoms with Crippen molar-refractivity contribution in [3.05, 3.63) is 102 Å². The number of nitrogens with one attached hydrogen (secondary N) is 2. The molecule has 6 heteroatoms. The lowest BCUT2D eigenvalue weighted by Crippen LogP contribution is -2.07. The average Bonchev–Trinajstić information content (AvgIpc) is 2.79. The van der Waals surface area contributed by atoms with Gasteiger partial charge in [0.25, 0.3) is 0 Å². The second-order valence-electron chi connectivity index (χ2n) is 6.59. The molecule has 146 valence electrons. The number of aromatic nitrogens is 2. The van der Waals surface area contributed by atoms with Gasteiger partial charge >= 0.3 is 0 Å². The molecule has 1 aromatic heterocycles. The summed E-state index contributed by atoms with van der Waals surface area (Å²) in [5, 5.41) is 15.3. The molecule has 1 heterocycles. The zero-order valence-corrected chi connectivity index (χ0v) is 16.0. The third kappa shape index (κ3) is 4.59. The maximum atomic E-state index is 13.9. The fourth-order valence-corrected chi connectivity index (χ4v) is 2.94. The van der Waals surface area contributed by atoms with Crippen molar-refractivity contribution >= 4 is 17.5 Å². The topological polar surface area (TPSA) is 73.6 Å². The SMILES string of the molecule is N#Cc1ccc(Nc2cc(-c3ccccc3)nc(NCc3ccccc3F)n2)cc1. The molecule has 0 aliphatic heterocycles. The smallest absolute Gasteiger partial charge is 0.225 e. The van der Waals surface area contributed by atoms with Gasteiger partial charge in [0.15, 0.2) is 0 Å². The Morgan fingerprint density at radius 1 is 0.867 bits per heavy atom. The molecule has 0 aliphatic carbocycles. The number of nitriles is 1. The van der Waals surface area contributed by atoms with E-state index in [1.54, 1.807) is 30.3 Å². The van der Waals surface area contributed by atoms with Crippen molar-refractivity contribution in [3.63, 3.8) is 0 Å². The predicted octanol–water partition coefficient (Wildman–Crippen LogP) is 5.51. The molecule has 0 saturated heterocycles. The first-order valence-electron chi connectivity index (χ1n) is 9.40. The zero-order valence-electron chi connectivity index (χ0n) is 16.0. The minimum absolute atomic E-state index is 0.265. The van der Waals surface area contributed by atoms with Crippen LogP contribution in [0.3, 0.4) is 0 Å². The Bertz CT molecular complexity index is 1180. The molecule has 4 aromatic rings. The van der Waals surface area contributed by atoms with Crippen LogP contribution in [0.25, 0.3) is 11.3 Å². The standard InChI is InChI=1S/C24H18FN5/c25-21-9-5-4-8-19(21)16-27-24-29-22(18-6-2-1-3-7-18)14-23(30-24)28-20-12-10-17(15-26)11-13-20/h1-14H,16H2,(H2,27,28,29,30). The van der Waals surface area contributed by atoms with E-state index < -0.39 is 0 Å². The van der Waals surface area contributed by atoms with Gasteiger partial charge in [0.2, 0.25) is 5.95 Å². The monoisotopic (exact) mass is 395 g/mol. The molecule has 0 spiro atoms. The summed E-state index contributed by atoms with van der Waals surface area (Å²) in [6, 6.07) is 27.4. The summed E-state index contributed by atoms with van der Waals surface area (Å²) in [6.45, 7) is 0.265.